The molecule has 0 bridgehead atoms. The largest absolute Gasteiger partial charge is 0.444 e. The second kappa shape index (κ2) is 13.0. The van der Waals surface area contributed by atoms with Gasteiger partial charge in [0, 0.05) is 30.2 Å². The van der Waals surface area contributed by atoms with E-state index in [0.29, 0.717) is 31.0 Å². The Hall–Kier alpha value is -2.78. The number of aromatic amines is 1. The van der Waals surface area contributed by atoms with E-state index in [4.69, 9.17) is 16.3 Å². The van der Waals surface area contributed by atoms with Crippen LogP contribution in [0.2, 0.25) is 5.02 Å². The number of likely N-dealkylation sites (tertiary alicyclic amines) is 2. The molecule has 2 atom stereocenters. The van der Waals surface area contributed by atoms with Gasteiger partial charge in [-0.25, -0.2) is 4.79 Å². The van der Waals surface area contributed by atoms with Crippen molar-refractivity contribution < 1.29 is 19.1 Å². The molecule has 2 aliphatic rings. The van der Waals surface area contributed by atoms with Crippen LogP contribution in [0.4, 0.5) is 4.79 Å². The van der Waals surface area contributed by atoms with Gasteiger partial charge in [-0.2, -0.15) is 0 Å². The fraction of sp³-hybridized carbons (Fsp3) is 0.621. The Labute approximate surface area is 235 Å². The number of benzene rings is 1. The molecular weight excluding hydrogens is 518 g/mol. The highest BCUT2D eigenvalue weighted by molar-refractivity contribution is 6.35. The van der Waals surface area contributed by atoms with Crippen LogP contribution in [0.5, 0.6) is 0 Å². The van der Waals surface area contributed by atoms with Crippen molar-refractivity contribution in [1.82, 2.24) is 25.4 Å². The Morgan fingerprint density at radius 3 is 2.59 bits per heavy atom. The monoisotopic (exact) mass is 559 g/mol. The third-order valence-electron chi connectivity index (χ3n) is 7.42. The lowest BCUT2D eigenvalue weighted by Crippen LogP contribution is -2.62. The molecule has 39 heavy (non-hydrogen) atoms. The predicted molar refractivity (Wildman–Crippen MR) is 153 cm³/mol. The average Bonchev–Trinajstić information content (AvgIpc) is 3.23. The smallest absolute Gasteiger partial charge is 0.408 e. The van der Waals surface area contributed by atoms with Gasteiger partial charge in [-0.3, -0.25) is 9.59 Å². The summed E-state index contributed by atoms with van der Waals surface area (Å²) in [5.74, 6) is -0.429. The first kappa shape index (κ1) is 29.2. The molecule has 2 saturated heterocycles. The topological polar surface area (TPSA) is 107 Å². The maximum Gasteiger partial charge on any atom is 0.408 e. The highest BCUT2D eigenvalue weighted by Gasteiger charge is 2.40. The van der Waals surface area contributed by atoms with Gasteiger partial charge < -0.3 is 30.2 Å². The Bertz CT molecular complexity index is 1150. The molecule has 1 aromatic heterocycles. The standard InChI is InChI=1S/C29H42ClN5O4/c1-29(2,3)39-28(38)33-24(9-5-8-15-34-13-6-4-7-14-34)27(37)35-16-12-25(35)26(36)32-18-20-10-11-23-21(17-20)22(30)19-31-23/h10-11,17,19,24-25,31H,4-9,12-16,18H2,1-3H3,(H,32,36)(H,33,38)/t24-,25+/m1/s1. The molecule has 1 aromatic carbocycles. The lowest BCUT2D eigenvalue weighted by Gasteiger charge is -2.41. The van der Waals surface area contributed by atoms with E-state index in [9.17, 15) is 14.4 Å². The minimum absolute atomic E-state index is 0.198. The van der Waals surface area contributed by atoms with Crippen molar-refractivity contribution in [2.75, 3.05) is 26.2 Å². The van der Waals surface area contributed by atoms with E-state index in [1.807, 2.05) is 18.2 Å². The number of ether oxygens (including phenoxy) is 1. The molecule has 3 amide bonds. The summed E-state index contributed by atoms with van der Waals surface area (Å²) in [6, 6.07) is 4.54. The molecule has 0 radical (unpaired) electrons. The van der Waals surface area contributed by atoms with Crippen molar-refractivity contribution >= 4 is 40.4 Å². The summed E-state index contributed by atoms with van der Waals surface area (Å²) in [7, 11) is 0. The Morgan fingerprint density at radius 1 is 1.13 bits per heavy atom. The number of rotatable bonds is 10. The van der Waals surface area contributed by atoms with Gasteiger partial charge in [0.15, 0.2) is 0 Å². The van der Waals surface area contributed by atoms with Crippen molar-refractivity contribution in [3.63, 3.8) is 0 Å². The number of alkyl carbamates (subject to hydrolysis) is 1. The van der Waals surface area contributed by atoms with E-state index in [2.05, 4.69) is 20.5 Å². The summed E-state index contributed by atoms with van der Waals surface area (Å²) in [6.07, 6.45) is 7.77. The number of piperidine rings is 1. The number of halogens is 1. The van der Waals surface area contributed by atoms with E-state index in [1.165, 1.54) is 19.3 Å². The zero-order chi connectivity index (χ0) is 28.0. The normalized spacial score (nSPS) is 18.9. The predicted octanol–water partition coefficient (Wildman–Crippen LogP) is 4.59. The number of nitrogens with zero attached hydrogens (tertiary/aromatic N) is 2. The molecule has 9 nitrogen and oxygen atoms in total. The summed E-state index contributed by atoms with van der Waals surface area (Å²) in [5, 5.41) is 7.28. The summed E-state index contributed by atoms with van der Waals surface area (Å²) < 4.78 is 5.43. The third kappa shape index (κ3) is 8.11. The molecule has 0 aliphatic carbocycles. The van der Waals surface area contributed by atoms with E-state index < -0.39 is 23.8 Å². The van der Waals surface area contributed by atoms with Gasteiger partial charge in [-0.05, 0) is 96.6 Å². The Kier molecular flexibility index (Phi) is 9.77. The highest BCUT2D eigenvalue weighted by Crippen LogP contribution is 2.25. The summed E-state index contributed by atoms with van der Waals surface area (Å²) >= 11 is 6.23. The van der Waals surface area contributed by atoms with Crippen molar-refractivity contribution in [3.05, 3.63) is 35.0 Å². The summed E-state index contributed by atoms with van der Waals surface area (Å²) in [5.41, 5.74) is 1.19. The zero-order valence-corrected chi connectivity index (χ0v) is 24.1. The molecule has 0 spiro atoms. The number of hydrogen-bond donors (Lipinski definition) is 3. The van der Waals surface area contributed by atoms with Gasteiger partial charge >= 0.3 is 6.09 Å². The molecule has 10 heteroatoms. The highest BCUT2D eigenvalue weighted by atomic mass is 35.5. The zero-order valence-electron chi connectivity index (χ0n) is 23.4. The SMILES string of the molecule is CC(C)(C)OC(=O)N[C@H](CCCCN1CCCCC1)C(=O)N1CC[C@H]1C(=O)NCc1ccc2[nH]cc(Cl)c2c1. The van der Waals surface area contributed by atoms with E-state index in [-0.39, 0.29) is 11.8 Å². The first-order valence-electron chi connectivity index (χ1n) is 14.2. The number of unbranched alkanes of at least 4 members (excludes halogenated alkanes) is 1. The molecule has 0 unspecified atom stereocenters. The lowest BCUT2D eigenvalue weighted by atomic mass is 9.98. The summed E-state index contributed by atoms with van der Waals surface area (Å²) in [6.45, 7) is 9.47. The van der Waals surface area contributed by atoms with E-state index in [0.717, 1.165) is 48.9 Å². The maximum absolute atomic E-state index is 13.5. The first-order valence-corrected chi connectivity index (χ1v) is 14.5. The molecule has 3 heterocycles. The van der Waals surface area contributed by atoms with Crippen LogP contribution in [-0.2, 0) is 20.9 Å². The molecular formula is C29H42ClN5O4. The van der Waals surface area contributed by atoms with Crippen LogP contribution in [0, 0.1) is 0 Å². The van der Waals surface area contributed by atoms with Crippen LogP contribution >= 0.6 is 11.6 Å². The van der Waals surface area contributed by atoms with Gasteiger partial charge in [-0.15, -0.1) is 0 Å². The van der Waals surface area contributed by atoms with Crippen LogP contribution < -0.4 is 10.6 Å². The fourth-order valence-corrected chi connectivity index (χ4v) is 5.46. The van der Waals surface area contributed by atoms with Gasteiger partial charge in [0.25, 0.3) is 0 Å². The number of aromatic nitrogens is 1. The quantitative estimate of drug-likeness (QED) is 0.369. The summed E-state index contributed by atoms with van der Waals surface area (Å²) in [4.78, 5) is 46.2. The molecule has 2 fully saturated rings. The number of hydrogen-bond acceptors (Lipinski definition) is 5. The minimum atomic E-state index is -0.727. The van der Waals surface area contributed by atoms with Crippen LogP contribution in [0.15, 0.2) is 24.4 Å². The minimum Gasteiger partial charge on any atom is -0.444 e. The molecule has 4 rings (SSSR count). The molecule has 214 valence electrons. The number of carbonyl (C=O) groups is 3. The average molecular weight is 560 g/mol. The first-order chi connectivity index (χ1) is 18.6. The van der Waals surface area contributed by atoms with Crippen molar-refractivity contribution in [2.45, 2.75) is 89.9 Å². The van der Waals surface area contributed by atoms with Gasteiger partial charge in [0.1, 0.15) is 17.7 Å². The molecule has 2 aromatic rings. The second-order valence-electron chi connectivity index (χ2n) is 11.7. The van der Waals surface area contributed by atoms with E-state index >= 15 is 0 Å². The number of fused-ring (bicyclic) bond motifs is 1. The van der Waals surface area contributed by atoms with Crippen LogP contribution in [-0.4, -0.2) is 76.6 Å². The lowest BCUT2D eigenvalue weighted by molar-refractivity contribution is -0.149. The van der Waals surface area contributed by atoms with Crippen molar-refractivity contribution in [3.8, 4) is 0 Å². The Balaban J connectivity index is 1.32. The molecule has 3 N–H and O–H groups in total. The number of nitrogens with one attached hydrogen (secondary N) is 3. The maximum atomic E-state index is 13.5. The number of H-pyrrole nitrogens is 1. The van der Waals surface area contributed by atoms with Gasteiger partial charge in [0.2, 0.25) is 11.8 Å². The van der Waals surface area contributed by atoms with Crippen LogP contribution in [0.3, 0.4) is 0 Å². The van der Waals surface area contributed by atoms with Crippen LogP contribution in [0.25, 0.3) is 10.9 Å². The van der Waals surface area contributed by atoms with Crippen molar-refractivity contribution in [2.24, 2.45) is 0 Å². The van der Waals surface area contributed by atoms with Gasteiger partial charge in [-0.1, -0.05) is 24.1 Å². The van der Waals surface area contributed by atoms with Crippen LogP contribution in [0.1, 0.15) is 71.3 Å². The van der Waals surface area contributed by atoms with E-state index in [1.54, 1.807) is 31.9 Å². The fourth-order valence-electron chi connectivity index (χ4n) is 5.25. The van der Waals surface area contributed by atoms with Crippen molar-refractivity contribution in [1.29, 1.82) is 0 Å². The van der Waals surface area contributed by atoms with Gasteiger partial charge in [0.05, 0.1) is 5.02 Å². The number of amides is 3. The second-order valence-corrected chi connectivity index (χ2v) is 12.1. The Morgan fingerprint density at radius 2 is 1.90 bits per heavy atom. The molecule has 2 aliphatic heterocycles. The number of carbonyl (C=O) groups excluding carboxylic acids is 3. The molecule has 0 saturated carbocycles. The third-order valence-corrected chi connectivity index (χ3v) is 7.74.